The molecular formula is C7H8N6O3S4. The summed E-state index contributed by atoms with van der Waals surface area (Å²) in [5.74, 6) is -0.355. The Morgan fingerprint density at radius 2 is 1.85 bits per heavy atom. The zero-order chi connectivity index (χ0) is 14.8. The molecule has 0 aliphatic rings. The van der Waals surface area contributed by atoms with Gasteiger partial charge in [0.15, 0.2) is 4.34 Å². The Morgan fingerprint density at radius 1 is 1.15 bits per heavy atom. The maximum Gasteiger partial charge on any atom is 0.293 e. The fraction of sp³-hybridized carbons (Fsp3) is 0.286. The SMILES string of the molecule is CSc1nnc(NS(=O)(=O)c2nnc(NC(C)=O)s2)s1. The number of rotatable bonds is 5. The van der Waals surface area contributed by atoms with Crippen molar-refractivity contribution in [1.29, 1.82) is 0 Å². The van der Waals surface area contributed by atoms with Crippen LogP contribution in [0.5, 0.6) is 0 Å². The van der Waals surface area contributed by atoms with Crippen molar-refractivity contribution < 1.29 is 13.2 Å². The molecule has 0 saturated heterocycles. The van der Waals surface area contributed by atoms with E-state index in [0.717, 1.165) is 22.7 Å². The van der Waals surface area contributed by atoms with Gasteiger partial charge in [-0.3, -0.25) is 9.52 Å². The zero-order valence-corrected chi connectivity index (χ0v) is 13.4. The highest BCUT2D eigenvalue weighted by Gasteiger charge is 2.22. The monoisotopic (exact) mass is 352 g/mol. The fourth-order valence-electron chi connectivity index (χ4n) is 1.01. The number of anilines is 2. The Morgan fingerprint density at radius 3 is 2.45 bits per heavy atom. The highest BCUT2D eigenvalue weighted by Crippen LogP contribution is 2.27. The third-order valence-electron chi connectivity index (χ3n) is 1.72. The minimum absolute atomic E-state index is 0.111. The van der Waals surface area contributed by atoms with E-state index in [1.54, 1.807) is 0 Å². The maximum atomic E-state index is 12.0. The molecule has 2 N–H and O–H groups in total. The summed E-state index contributed by atoms with van der Waals surface area (Å²) in [6.07, 6.45) is 1.81. The molecule has 20 heavy (non-hydrogen) atoms. The molecule has 13 heteroatoms. The van der Waals surface area contributed by atoms with Gasteiger partial charge in [0.25, 0.3) is 14.4 Å². The van der Waals surface area contributed by atoms with E-state index in [4.69, 9.17) is 0 Å². The number of sulfonamides is 1. The lowest BCUT2D eigenvalue weighted by Crippen LogP contribution is -2.12. The lowest BCUT2D eigenvalue weighted by molar-refractivity contribution is -0.114. The minimum atomic E-state index is -3.88. The van der Waals surface area contributed by atoms with Crippen LogP contribution in [0, 0.1) is 0 Å². The van der Waals surface area contributed by atoms with E-state index in [1.807, 2.05) is 6.26 Å². The van der Waals surface area contributed by atoms with E-state index < -0.39 is 10.0 Å². The smallest absolute Gasteiger partial charge is 0.293 e. The molecule has 0 aliphatic heterocycles. The van der Waals surface area contributed by atoms with Crippen molar-refractivity contribution in [2.24, 2.45) is 0 Å². The maximum absolute atomic E-state index is 12.0. The molecule has 0 aromatic carbocycles. The molecule has 0 aliphatic carbocycles. The molecule has 0 spiro atoms. The summed E-state index contributed by atoms with van der Waals surface area (Å²) < 4.78 is 26.7. The second-order valence-electron chi connectivity index (χ2n) is 3.24. The van der Waals surface area contributed by atoms with Gasteiger partial charge in [-0.15, -0.1) is 20.4 Å². The number of carbonyl (C=O) groups excluding carboxylic acids is 1. The summed E-state index contributed by atoms with van der Waals surface area (Å²) in [6, 6.07) is 0. The molecule has 1 amide bonds. The van der Waals surface area contributed by atoms with E-state index in [2.05, 4.69) is 30.4 Å². The molecular weight excluding hydrogens is 344 g/mol. The molecule has 0 fully saturated rings. The van der Waals surface area contributed by atoms with Crippen molar-refractivity contribution in [2.75, 3.05) is 16.3 Å². The van der Waals surface area contributed by atoms with Crippen LogP contribution in [0.1, 0.15) is 6.92 Å². The van der Waals surface area contributed by atoms with Crippen molar-refractivity contribution in [1.82, 2.24) is 20.4 Å². The number of thioether (sulfide) groups is 1. The van der Waals surface area contributed by atoms with Gasteiger partial charge in [0, 0.05) is 6.92 Å². The highest BCUT2D eigenvalue weighted by atomic mass is 32.2. The summed E-state index contributed by atoms with van der Waals surface area (Å²) >= 11 is 3.22. The van der Waals surface area contributed by atoms with Crippen LogP contribution in [0.3, 0.4) is 0 Å². The largest absolute Gasteiger partial charge is 0.301 e. The van der Waals surface area contributed by atoms with Gasteiger partial charge >= 0.3 is 0 Å². The van der Waals surface area contributed by atoms with Crippen LogP contribution in [-0.2, 0) is 14.8 Å². The van der Waals surface area contributed by atoms with Gasteiger partial charge in [-0.1, -0.05) is 34.4 Å². The summed E-state index contributed by atoms with van der Waals surface area (Å²) in [5.41, 5.74) is 0. The Hall–Kier alpha value is -1.31. The van der Waals surface area contributed by atoms with Crippen molar-refractivity contribution in [2.45, 2.75) is 15.6 Å². The Bertz CT molecular complexity index is 723. The van der Waals surface area contributed by atoms with Crippen LogP contribution < -0.4 is 10.0 Å². The number of hydrogen-bond donors (Lipinski definition) is 2. The predicted molar refractivity (Wildman–Crippen MR) is 76.7 cm³/mol. The average Bonchev–Trinajstić information content (AvgIpc) is 2.97. The normalized spacial score (nSPS) is 11.3. The van der Waals surface area contributed by atoms with Crippen molar-refractivity contribution in [3.05, 3.63) is 0 Å². The number of nitrogens with one attached hydrogen (secondary N) is 2. The molecule has 9 nitrogen and oxygen atoms in total. The van der Waals surface area contributed by atoms with Crippen molar-refractivity contribution >= 4 is 60.6 Å². The summed E-state index contributed by atoms with van der Waals surface area (Å²) in [6.45, 7) is 1.29. The van der Waals surface area contributed by atoms with Crippen LogP contribution in [-0.4, -0.2) is 41.0 Å². The van der Waals surface area contributed by atoms with Gasteiger partial charge in [-0.05, 0) is 6.26 Å². The van der Waals surface area contributed by atoms with E-state index >= 15 is 0 Å². The molecule has 108 valence electrons. The number of hydrogen-bond acceptors (Lipinski definition) is 10. The first-order valence-corrected chi connectivity index (χ1v) is 9.26. The standard InChI is InChI=1S/C7H8N6O3S4/c1-3(14)8-4-9-12-7(19-4)20(15,16)13-5-10-11-6(17-2)18-5/h1-2H3,(H,10,13)(H,8,9,14). The first-order valence-electron chi connectivity index (χ1n) is 4.92. The topological polar surface area (TPSA) is 127 Å². The lowest BCUT2D eigenvalue weighted by atomic mass is 10.7. The van der Waals surface area contributed by atoms with Gasteiger partial charge in [0.2, 0.25) is 16.2 Å². The van der Waals surface area contributed by atoms with Crippen LogP contribution in [0.15, 0.2) is 8.68 Å². The van der Waals surface area contributed by atoms with E-state index in [9.17, 15) is 13.2 Å². The Labute approximate surface area is 126 Å². The van der Waals surface area contributed by atoms with Crippen LogP contribution in [0.2, 0.25) is 0 Å². The Balaban J connectivity index is 2.17. The first kappa shape index (κ1) is 15.1. The lowest BCUT2D eigenvalue weighted by Gasteiger charge is -1.98. The molecule has 2 rings (SSSR count). The third kappa shape index (κ3) is 3.62. The molecule has 0 radical (unpaired) electrons. The predicted octanol–water partition coefficient (Wildman–Crippen LogP) is 0.871. The summed E-state index contributed by atoms with van der Waals surface area (Å²) in [7, 11) is -3.88. The number of amides is 1. The van der Waals surface area contributed by atoms with E-state index in [0.29, 0.717) is 4.34 Å². The van der Waals surface area contributed by atoms with Crippen molar-refractivity contribution in [3.63, 3.8) is 0 Å². The summed E-state index contributed by atoms with van der Waals surface area (Å²) in [4.78, 5) is 10.8. The van der Waals surface area contributed by atoms with Gasteiger partial charge in [-0.25, -0.2) is 0 Å². The summed E-state index contributed by atoms with van der Waals surface area (Å²) in [5, 5.41) is 17.2. The molecule has 0 saturated carbocycles. The fourth-order valence-corrected chi connectivity index (χ4v) is 4.36. The van der Waals surface area contributed by atoms with Crippen LogP contribution >= 0.6 is 34.4 Å². The molecule has 2 heterocycles. The highest BCUT2D eigenvalue weighted by molar-refractivity contribution is 8.00. The zero-order valence-electron chi connectivity index (χ0n) is 10.1. The molecule has 0 unspecified atom stereocenters. The first-order chi connectivity index (χ1) is 9.40. The second-order valence-corrected chi connectivity index (χ2v) is 8.10. The molecule has 2 aromatic rings. The van der Waals surface area contributed by atoms with Gasteiger partial charge in [0.05, 0.1) is 0 Å². The Kier molecular flexibility index (Phi) is 4.52. The molecule has 2 aromatic heterocycles. The van der Waals surface area contributed by atoms with E-state index in [1.165, 1.54) is 18.7 Å². The average molecular weight is 352 g/mol. The quantitative estimate of drug-likeness (QED) is 0.599. The number of nitrogens with zero attached hydrogens (tertiary/aromatic N) is 4. The van der Waals surface area contributed by atoms with Gasteiger partial charge < -0.3 is 5.32 Å². The van der Waals surface area contributed by atoms with Crippen LogP contribution in [0.4, 0.5) is 10.3 Å². The van der Waals surface area contributed by atoms with Gasteiger partial charge in [0.1, 0.15) is 0 Å². The third-order valence-corrected chi connectivity index (χ3v) is 6.21. The number of carbonyl (C=O) groups is 1. The number of aromatic nitrogens is 4. The molecule has 0 atom stereocenters. The van der Waals surface area contributed by atoms with Gasteiger partial charge in [-0.2, -0.15) is 8.42 Å². The van der Waals surface area contributed by atoms with E-state index in [-0.39, 0.29) is 20.5 Å². The second kappa shape index (κ2) is 5.99. The van der Waals surface area contributed by atoms with Crippen LogP contribution in [0.25, 0.3) is 0 Å². The van der Waals surface area contributed by atoms with Crippen molar-refractivity contribution in [3.8, 4) is 0 Å². The molecule has 0 bridgehead atoms. The minimum Gasteiger partial charge on any atom is -0.301 e.